The van der Waals surface area contributed by atoms with E-state index in [1.807, 2.05) is 56.4 Å². The first-order valence-electron chi connectivity index (χ1n) is 8.51. The van der Waals surface area contributed by atoms with Crippen molar-refractivity contribution in [3.8, 4) is 5.75 Å². The van der Waals surface area contributed by atoms with Crippen molar-refractivity contribution in [1.82, 2.24) is 14.5 Å². The summed E-state index contributed by atoms with van der Waals surface area (Å²) in [6.45, 7) is 3.76. The van der Waals surface area contributed by atoms with Gasteiger partial charge >= 0.3 is 0 Å². The number of methoxy groups -OCH3 is 1. The number of ether oxygens (including phenoxy) is 1. The number of imidazole rings is 1. The summed E-state index contributed by atoms with van der Waals surface area (Å²) >= 11 is 0. The smallest absolute Gasteiger partial charge is 0.118 e. The van der Waals surface area contributed by atoms with E-state index in [1.54, 1.807) is 7.11 Å². The minimum atomic E-state index is -0.0407. The van der Waals surface area contributed by atoms with E-state index < -0.39 is 0 Å². The van der Waals surface area contributed by atoms with Gasteiger partial charge in [0.2, 0.25) is 0 Å². The molecule has 3 rings (SSSR count). The normalized spacial score (nSPS) is 12.7. The Bertz CT molecular complexity index is 827. The highest BCUT2D eigenvalue weighted by Crippen LogP contribution is 2.22. The number of aliphatic hydroxyl groups is 1. The van der Waals surface area contributed by atoms with Gasteiger partial charge in [-0.1, -0.05) is 24.3 Å². The third-order valence-electron chi connectivity index (χ3n) is 4.73. The molecule has 1 unspecified atom stereocenters. The minimum Gasteiger partial charge on any atom is -0.497 e. The number of hydrogen-bond acceptors (Lipinski definition) is 4. The molecule has 0 bridgehead atoms. The first-order valence-corrected chi connectivity index (χ1v) is 8.51. The Morgan fingerprint density at radius 2 is 1.88 bits per heavy atom. The predicted molar refractivity (Wildman–Crippen MR) is 99.9 cm³/mol. The summed E-state index contributed by atoms with van der Waals surface area (Å²) in [7, 11) is 3.70. The number of aryl methyl sites for hydroxylation is 1. The van der Waals surface area contributed by atoms with E-state index in [-0.39, 0.29) is 12.6 Å². The van der Waals surface area contributed by atoms with Crippen LogP contribution in [0.2, 0.25) is 0 Å². The van der Waals surface area contributed by atoms with Crippen molar-refractivity contribution in [2.24, 2.45) is 0 Å². The Balaban J connectivity index is 1.73. The molecule has 0 saturated heterocycles. The van der Waals surface area contributed by atoms with Crippen LogP contribution in [0.4, 0.5) is 0 Å². The molecule has 25 heavy (non-hydrogen) atoms. The largest absolute Gasteiger partial charge is 0.497 e. The highest BCUT2D eigenvalue weighted by atomic mass is 16.5. The molecule has 1 N–H and O–H groups in total. The van der Waals surface area contributed by atoms with Crippen LogP contribution in [0, 0.1) is 6.92 Å². The van der Waals surface area contributed by atoms with Crippen molar-refractivity contribution in [2.45, 2.75) is 19.5 Å². The summed E-state index contributed by atoms with van der Waals surface area (Å²) in [5.41, 5.74) is 3.26. The van der Waals surface area contributed by atoms with Gasteiger partial charge in [0, 0.05) is 13.1 Å². The maximum atomic E-state index is 9.87. The number of benzene rings is 2. The molecule has 1 atom stereocenters. The van der Waals surface area contributed by atoms with Crippen molar-refractivity contribution in [2.75, 3.05) is 27.3 Å². The van der Waals surface area contributed by atoms with Crippen LogP contribution in [0.25, 0.3) is 11.0 Å². The Kier molecular flexibility index (Phi) is 5.36. The second kappa shape index (κ2) is 7.68. The standard InChI is InChI=1S/C20H25N3O2/c1-15-21-18-6-4-5-7-19(18)23(15)13-12-22(2)20(14-24)16-8-10-17(25-3)11-9-16/h4-11,20,24H,12-14H2,1-3H3. The minimum absolute atomic E-state index is 0.0407. The van der Waals surface area contributed by atoms with Crippen LogP contribution in [0.1, 0.15) is 17.4 Å². The van der Waals surface area contributed by atoms with Crippen LogP contribution < -0.4 is 4.74 Å². The molecule has 5 heteroatoms. The molecular formula is C20H25N3O2. The lowest BCUT2D eigenvalue weighted by Crippen LogP contribution is -2.30. The third kappa shape index (κ3) is 3.67. The Hall–Kier alpha value is -2.37. The van der Waals surface area contributed by atoms with E-state index in [9.17, 15) is 5.11 Å². The number of para-hydroxylation sites is 2. The zero-order chi connectivity index (χ0) is 17.8. The fourth-order valence-corrected chi connectivity index (χ4v) is 3.22. The van der Waals surface area contributed by atoms with Gasteiger partial charge in [-0.2, -0.15) is 0 Å². The summed E-state index contributed by atoms with van der Waals surface area (Å²) in [4.78, 5) is 6.79. The number of nitrogens with zero attached hydrogens (tertiary/aromatic N) is 3. The molecule has 0 aliphatic carbocycles. The summed E-state index contributed by atoms with van der Waals surface area (Å²) in [6, 6.07) is 16.0. The second-order valence-corrected chi connectivity index (χ2v) is 6.25. The van der Waals surface area contributed by atoms with E-state index in [1.165, 1.54) is 0 Å². The van der Waals surface area contributed by atoms with Gasteiger partial charge in [-0.25, -0.2) is 4.98 Å². The lowest BCUT2D eigenvalue weighted by atomic mass is 10.1. The molecule has 0 aliphatic rings. The highest BCUT2D eigenvalue weighted by Gasteiger charge is 2.17. The van der Waals surface area contributed by atoms with Crippen LogP contribution >= 0.6 is 0 Å². The van der Waals surface area contributed by atoms with Gasteiger partial charge < -0.3 is 14.4 Å². The molecule has 0 saturated carbocycles. The van der Waals surface area contributed by atoms with Gasteiger partial charge in [-0.3, -0.25) is 4.90 Å². The van der Waals surface area contributed by atoms with Crippen molar-refractivity contribution in [3.63, 3.8) is 0 Å². The summed E-state index contributed by atoms with van der Waals surface area (Å²) in [5, 5.41) is 9.87. The molecule has 0 fully saturated rings. The van der Waals surface area contributed by atoms with E-state index >= 15 is 0 Å². The van der Waals surface area contributed by atoms with Gasteiger partial charge in [-0.05, 0) is 43.8 Å². The molecule has 132 valence electrons. The number of fused-ring (bicyclic) bond motifs is 1. The number of aliphatic hydroxyl groups excluding tert-OH is 1. The van der Waals surface area contributed by atoms with Crippen LogP contribution in [0.3, 0.4) is 0 Å². The molecule has 5 nitrogen and oxygen atoms in total. The molecule has 0 amide bonds. The molecule has 2 aromatic carbocycles. The molecule has 3 aromatic rings. The molecule has 0 radical (unpaired) electrons. The zero-order valence-corrected chi connectivity index (χ0v) is 15.0. The highest BCUT2D eigenvalue weighted by molar-refractivity contribution is 5.75. The van der Waals surface area contributed by atoms with Crippen LogP contribution in [-0.2, 0) is 6.54 Å². The Morgan fingerprint density at radius 3 is 2.56 bits per heavy atom. The lowest BCUT2D eigenvalue weighted by molar-refractivity contribution is 0.144. The number of likely N-dealkylation sites (N-methyl/N-ethyl adjacent to an activating group) is 1. The SMILES string of the molecule is COc1ccc(C(CO)N(C)CCn2c(C)nc3ccccc32)cc1. The van der Waals surface area contributed by atoms with Crippen molar-refractivity contribution in [1.29, 1.82) is 0 Å². The van der Waals surface area contributed by atoms with Crippen LogP contribution in [0.15, 0.2) is 48.5 Å². The summed E-state index contributed by atoms with van der Waals surface area (Å²) in [5.74, 6) is 1.84. The van der Waals surface area contributed by atoms with E-state index in [4.69, 9.17) is 4.74 Å². The molecule has 0 aliphatic heterocycles. The van der Waals surface area contributed by atoms with Crippen LogP contribution in [-0.4, -0.2) is 46.9 Å². The van der Waals surface area contributed by atoms with Crippen LogP contribution in [0.5, 0.6) is 5.75 Å². The Morgan fingerprint density at radius 1 is 1.16 bits per heavy atom. The van der Waals surface area contributed by atoms with Gasteiger partial charge in [0.15, 0.2) is 0 Å². The first kappa shape index (κ1) is 17.5. The quantitative estimate of drug-likeness (QED) is 0.719. The lowest BCUT2D eigenvalue weighted by Gasteiger charge is -2.27. The predicted octanol–water partition coefficient (Wildman–Crippen LogP) is 3.02. The summed E-state index contributed by atoms with van der Waals surface area (Å²) in [6.07, 6.45) is 0. The van der Waals surface area contributed by atoms with E-state index in [2.05, 4.69) is 20.5 Å². The van der Waals surface area contributed by atoms with E-state index in [0.717, 1.165) is 41.3 Å². The van der Waals surface area contributed by atoms with Gasteiger partial charge in [0.1, 0.15) is 11.6 Å². The topological polar surface area (TPSA) is 50.5 Å². The molecule has 0 spiro atoms. The van der Waals surface area contributed by atoms with Crippen molar-refractivity contribution in [3.05, 3.63) is 59.9 Å². The first-order chi connectivity index (χ1) is 12.1. The van der Waals surface area contributed by atoms with Gasteiger partial charge in [0.05, 0.1) is 30.8 Å². The zero-order valence-electron chi connectivity index (χ0n) is 15.0. The average molecular weight is 339 g/mol. The molecule has 1 heterocycles. The number of rotatable bonds is 7. The number of aromatic nitrogens is 2. The van der Waals surface area contributed by atoms with Crippen molar-refractivity contribution < 1.29 is 9.84 Å². The maximum Gasteiger partial charge on any atom is 0.118 e. The average Bonchev–Trinajstić information content (AvgIpc) is 2.96. The molecule has 1 aromatic heterocycles. The summed E-state index contributed by atoms with van der Waals surface area (Å²) < 4.78 is 7.44. The third-order valence-corrected chi connectivity index (χ3v) is 4.73. The van der Waals surface area contributed by atoms with Crippen molar-refractivity contribution >= 4 is 11.0 Å². The monoisotopic (exact) mass is 339 g/mol. The van der Waals surface area contributed by atoms with E-state index in [0.29, 0.717) is 0 Å². The second-order valence-electron chi connectivity index (χ2n) is 6.25. The Labute approximate surface area is 148 Å². The fraction of sp³-hybridized carbons (Fsp3) is 0.350. The van der Waals surface area contributed by atoms with Gasteiger partial charge in [-0.15, -0.1) is 0 Å². The molecular weight excluding hydrogens is 314 g/mol. The maximum absolute atomic E-state index is 9.87. The fourth-order valence-electron chi connectivity index (χ4n) is 3.22. The van der Waals surface area contributed by atoms with Gasteiger partial charge in [0.25, 0.3) is 0 Å². The number of hydrogen-bond donors (Lipinski definition) is 1.